The second-order valence-corrected chi connectivity index (χ2v) is 16.3. The summed E-state index contributed by atoms with van der Waals surface area (Å²) in [6, 6.07) is 91.2. The molecule has 0 aliphatic rings. The summed E-state index contributed by atoms with van der Waals surface area (Å²) in [5.74, 6) is 0. The first-order valence-electron chi connectivity index (χ1n) is 21.8. The SMILES string of the molecule is c1ccc(-c2ccc(N(c3ccccc3-c3ccc4c(c3)c(-c3ccccc3)c(-c3ccccc3)c3ccccc34)c3cc4ccccc4c4ccccc34)c3ccccc23)cc1. The second kappa shape index (κ2) is 15.3. The Kier molecular flexibility index (Phi) is 8.90. The van der Waals surface area contributed by atoms with Crippen molar-refractivity contribution in [2.45, 2.75) is 0 Å². The summed E-state index contributed by atoms with van der Waals surface area (Å²) in [6.07, 6.45) is 0. The lowest BCUT2D eigenvalue weighted by Gasteiger charge is -2.31. The maximum atomic E-state index is 2.53. The van der Waals surface area contributed by atoms with Gasteiger partial charge in [-0.15, -0.1) is 0 Å². The summed E-state index contributed by atoms with van der Waals surface area (Å²) in [5, 5.41) is 12.3. The second-order valence-electron chi connectivity index (χ2n) is 16.3. The van der Waals surface area contributed by atoms with Crippen LogP contribution in [0.3, 0.4) is 0 Å². The van der Waals surface area contributed by atoms with Gasteiger partial charge in [0, 0.05) is 16.3 Å². The van der Waals surface area contributed by atoms with Crippen LogP contribution in [0.5, 0.6) is 0 Å². The van der Waals surface area contributed by atoms with E-state index in [4.69, 9.17) is 0 Å². The third kappa shape index (κ3) is 6.17. The van der Waals surface area contributed by atoms with Gasteiger partial charge in [-0.25, -0.2) is 0 Å². The molecule has 0 fully saturated rings. The quantitative estimate of drug-likeness (QED) is 0.145. The minimum absolute atomic E-state index is 1.11. The Bertz CT molecular complexity index is 3670. The molecular weight excluding hydrogens is 759 g/mol. The first-order valence-corrected chi connectivity index (χ1v) is 21.8. The monoisotopic (exact) mass is 799 g/mol. The zero-order valence-corrected chi connectivity index (χ0v) is 34.6. The highest BCUT2D eigenvalue weighted by molar-refractivity contribution is 6.23. The van der Waals surface area contributed by atoms with Crippen LogP contribution in [0, 0.1) is 0 Å². The van der Waals surface area contributed by atoms with Gasteiger partial charge in [-0.1, -0.05) is 224 Å². The fourth-order valence-corrected chi connectivity index (χ4v) is 10.0. The number of hydrogen-bond acceptors (Lipinski definition) is 1. The number of fused-ring (bicyclic) bond motifs is 7. The van der Waals surface area contributed by atoms with Crippen LogP contribution in [0.15, 0.2) is 249 Å². The molecule has 0 bridgehead atoms. The van der Waals surface area contributed by atoms with Crippen molar-refractivity contribution in [3.8, 4) is 44.5 Å². The van der Waals surface area contributed by atoms with Gasteiger partial charge in [-0.2, -0.15) is 0 Å². The molecule has 1 heteroatoms. The topological polar surface area (TPSA) is 3.24 Å². The van der Waals surface area contributed by atoms with Crippen molar-refractivity contribution in [2.75, 3.05) is 4.90 Å². The zero-order chi connectivity index (χ0) is 41.7. The van der Waals surface area contributed by atoms with E-state index >= 15 is 0 Å². The molecule has 0 saturated carbocycles. The minimum atomic E-state index is 1.11. The van der Waals surface area contributed by atoms with Crippen molar-refractivity contribution in [3.05, 3.63) is 249 Å². The molecule has 0 saturated heterocycles. The van der Waals surface area contributed by atoms with Gasteiger partial charge in [0.2, 0.25) is 0 Å². The largest absolute Gasteiger partial charge is 0.309 e. The predicted octanol–water partition coefficient (Wildman–Crippen LogP) is 17.6. The molecule has 0 spiro atoms. The highest BCUT2D eigenvalue weighted by Gasteiger charge is 2.24. The molecule has 0 N–H and O–H groups in total. The molecule has 0 aliphatic heterocycles. The summed E-state index contributed by atoms with van der Waals surface area (Å²) < 4.78 is 0. The first kappa shape index (κ1) is 36.6. The lowest BCUT2D eigenvalue weighted by atomic mass is 9.84. The van der Waals surface area contributed by atoms with E-state index < -0.39 is 0 Å². The first-order chi connectivity index (χ1) is 31.3. The smallest absolute Gasteiger partial charge is 0.0546 e. The van der Waals surface area contributed by atoms with Crippen LogP contribution in [0.1, 0.15) is 0 Å². The van der Waals surface area contributed by atoms with Gasteiger partial charge in [0.1, 0.15) is 0 Å². The number of rotatable bonds is 7. The van der Waals surface area contributed by atoms with Gasteiger partial charge in [0.25, 0.3) is 0 Å². The fraction of sp³-hybridized carbons (Fsp3) is 0. The number of anilines is 3. The highest BCUT2D eigenvalue weighted by atomic mass is 15.1. The van der Waals surface area contributed by atoms with Crippen molar-refractivity contribution in [1.82, 2.24) is 0 Å². The summed E-state index contributed by atoms with van der Waals surface area (Å²) in [5.41, 5.74) is 13.0. The number of benzene rings is 12. The lowest BCUT2D eigenvalue weighted by molar-refractivity contribution is 1.32. The maximum Gasteiger partial charge on any atom is 0.0546 e. The Morgan fingerprint density at radius 1 is 0.206 bits per heavy atom. The number of nitrogens with zero attached hydrogens (tertiary/aromatic N) is 1. The van der Waals surface area contributed by atoms with Crippen LogP contribution in [0.25, 0.3) is 98.4 Å². The van der Waals surface area contributed by atoms with E-state index in [2.05, 4.69) is 254 Å². The molecule has 0 aliphatic carbocycles. The number of para-hydroxylation sites is 1. The molecule has 1 nitrogen and oxygen atoms in total. The zero-order valence-electron chi connectivity index (χ0n) is 34.6. The molecule has 0 radical (unpaired) electrons. The standard InChI is InChI=1S/C62H41N/c1-4-20-42(21-5-1)48-38-39-59(54-32-15-12-30-51(48)54)63(60-41-45-26-10-11-27-47(45)50-29-13-16-33-55(50)60)58-35-19-18-28-49(58)46-36-37-53-52-31-14-17-34-56(52)61(43-22-6-2-7-23-43)62(57(53)40-46)44-24-8-3-9-25-44/h1-41H. The molecule has 0 unspecified atom stereocenters. The van der Waals surface area contributed by atoms with Gasteiger partial charge >= 0.3 is 0 Å². The van der Waals surface area contributed by atoms with Crippen LogP contribution < -0.4 is 4.90 Å². The number of hydrogen-bond donors (Lipinski definition) is 0. The molecule has 0 amide bonds. The van der Waals surface area contributed by atoms with Crippen molar-refractivity contribution in [1.29, 1.82) is 0 Å². The van der Waals surface area contributed by atoms with Crippen LogP contribution >= 0.6 is 0 Å². The van der Waals surface area contributed by atoms with Gasteiger partial charge in [-0.05, 0) is 106 Å². The summed E-state index contributed by atoms with van der Waals surface area (Å²) >= 11 is 0. The third-order valence-electron chi connectivity index (χ3n) is 12.8. The van der Waals surface area contributed by atoms with Crippen LogP contribution in [0.4, 0.5) is 17.1 Å². The van der Waals surface area contributed by atoms with E-state index in [0.29, 0.717) is 0 Å². The van der Waals surface area contributed by atoms with Crippen LogP contribution in [0.2, 0.25) is 0 Å². The van der Waals surface area contributed by atoms with Crippen molar-refractivity contribution >= 4 is 70.9 Å². The average Bonchev–Trinajstić information content (AvgIpc) is 3.37. The van der Waals surface area contributed by atoms with Crippen LogP contribution in [-0.2, 0) is 0 Å². The van der Waals surface area contributed by atoms with Crippen molar-refractivity contribution in [2.24, 2.45) is 0 Å². The van der Waals surface area contributed by atoms with E-state index in [1.54, 1.807) is 0 Å². The van der Waals surface area contributed by atoms with E-state index in [-0.39, 0.29) is 0 Å². The van der Waals surface area contributed by atoms with Gasteiger partial charge in [0.15, 0.2) is 0 Å². The van der Waals surface area contributed by atoms with Gasteiger partial charge in [-0.3, -0.25) is 0 Å². The Morgan fingerprint density at radius 3 is 1.37 bits per heavy atom. The molecule has 294 valence electrons. The van der Waals surface area contributed by atoms with E-state index in [1.807, 2.05) is 0 Å². The predicted molar refractivity (Wildman–Crippen MR) is 270 cm³/mol. The molecule has 12 aromatic rings. The Balaban J connectivity index is 1.17. The Morgan fingerprint density at radius 2 is 0.683 bits per heavy atom. The van der Waals surface area contributed by atoms with Gasteiger partial charge in [0.05, 0.1) is 17.1 Å². The average molecular weight is 800 g/mol. The maximum absolute atomic E-state index is 2.53. The van der Waals surface area contributed by atoms with Crippen LogP contribution in [-0.4, -0.2) is 0 Å². The molecule has 0 aromatic heterocycles. The molecule has 0 heterocycles. The molecule has 63 heavy (non-hydrogen) atoms. The van der Waals surface area contributed by atoms with Crippen molar-refractivity contribution in [3.63, 3.8) is 0 Å². The molecule has 12 rings (SSSR count). The fourth-order valence-electron chi connectivity index (χ4n) is 10.0. The summed E-state index contributed by atoms with van der Waals surface area (Å²) in [4.78, 5) is 2.53. The molecular formula is C62H41N. The summed E-state index contributed by atoms with van der Waals surface area (Å²) in [7, 11) is 0. The lowest BCUT2D eigenvalue weighted by Crippen LogP contribution is -2.12. The van der Waals surface area contributed by atoms with Gasteiger partial charge < -0.3 is 4.90 Å². The minimum Gasteiger partial charge on any atom is -0.309 e. The van der Waals surface area contributed by atoms with E-state index in [9.17, 15) is 0 Å². The molecule has 0 atom stereocenters. The Hall–Kier alpha value is -8.26. The highest BCUT2D eigenvalue weighted by Crippen LogP contribution is 2.50. The third-order valence-corrected chi connectivity index (χ3v) is 12.8. The van der Waals surface area contributed by atoms with Crippen molar-refractivity contribution < 1.29 is 0 Å². The Labute approximate surface area is 367 Å². The van der Waals surface area contributed by atoms with E-state index in [0.717, 1.165) is 28.2 Å². The summed E-state index contributed by atoms with van der Waals surface area (Å²) in [6.45, 7) is 0. The normalized spacial score (nSPS) is 11.5. The van der Waals surface area contributed by atoms with E-state index in [1.165, 1.54) is 87.2 Å². The molecule has 12 aromatic carbocycles.